The first-order chi connectivity index (χ1) is 9.52. The largest absolute Gasteiger partial charge is 0.482 e. The fourth-order valence-corrected chi connectivity index (χ4v) is 2.05. The molecule has 0 aromatic heterocycles. The predicted molar refractivity (Wildman–Crippen MR) is 70.0 cm³/mol. The molecule has 0 spiro atoms. The third-order valence-electron chi connectivity index (χ3n) is 3.15. The molecule has 1 aliphatic heterocycles. The molecule has 7 heteroatoms. The molecule has 20 heavy (non-hydrogen) atoms. The summed E-state index contributed by atoms with van der Waals surface area (Å²) in [6.45, 7) is 0.0594. The van der Waals surface area contributed by atoms with Crippen molar-refractivity contribution in [2.24, 2.45) is 0 Å². The Morgan fingerprint density at radius 2 is 1.80 bits per heavy atom. The maximum absolute atomic E-state index is 10.0. The van der Waals surface area contributed by atoms with Crippen LogP contribution < -0.4 is 10.5 Å². The minimum absolute atomic E-state index is 0.0594. The zero-order chi connectivity index (χ0) is 14.7. The molecule has 0 radical (unpaired) electrons. The van der Waals surface area contributed by atoms with Gasteiger partial charge in [0.25, 0.3) is 0 Å². The average molecular weight is 285 g/mol. The molecule has 0 bridgehead atoms. The van der Waals surface area contributed by atoms with E-state index in [0.717, 1.165) is 0 Å². The second-order valence-electron chi connectivity index (χ2n) is 4.65. The Balaban J connectivity index is 2.06. The normalized spacial score (nSPS) is 33.9. The Morgan fingerprint density at radius 1 is 1.15 bits per heavy atom. The van der Waals surface area contributed by atoms with Gasteiger partial charge in [0.05, 0.1) is 6.61 Å². The van der Waals surface area contributed by atoms with Crippen LogP contribution in [0.15, 0.2) is 24.3 Å². The number of aliphatic hydroxyl groups excluding tert-OH is 3. The van der Waals surface area contributed by atoms with Crippen molar-refractivity contribution in [3.05, 3.63) is 24.3 Å². The molecule has 0 amide bonds. The Bertz CT molecular complexity index is 425. The molecule has 112 valence electrons. The molecule has 1 aromatic rings. The van der Waals surface area contributed by atoms with E-state index in [1.54, 1.807) is 24.3 Å². The Morgan fingerprint density at radius 3 is 2.40 bits per heavy atom. The lowest BCUT2D eigenvalue weighted by Crippen LogP contribution is -2.60. The lowest BCUT2D eigenvalue weighted by Gasteiger charge is -2.40. The van der Waals surface area contributed by atoms with Crippen molar-refractivity contribution in [2.45, 2.75) is 30.7 Å². The van der Waals surface area contributed by atoms with Gasteiger partial charge in [-0.25, -0.2) is 0 Å². The van der Waals surface area contributed by atoms with Gasteiger partial charge in [-0.1, -0.05) is 0 Å². The number of nitrogen functional groups attached to an aromatic ring is 1. The highest BCUT2D eigenvalue weighted by atomic mass is 16.7. The first-order valence-electron chi connectivity index (χ1n) is 6.23. The summed E-state index contributed by atoms with van der Waals surface area (Å²) in [5.41, 5.74) is 6.12. The van der Waals surface area contributed by atoms with Crippen LogP contribution in [0.4, 0.5) is 5.69 Å². The smallest absolute Gasteiger partial charge is 0.195 e. The zero-order valence-corrected chi connectivity index (χ0v) is 11.0. The van der Waals surface area contributed by atoms with E-state index < -0.39 is 30.7 Å². The quantitative estimate of drug-likeness (QED) is 0.530. The zero-order valence-electron chi connectivity index (χ0n) is 11.0. The maximum atomic E-state index is 10.0. The summed E-state index contributed by atoms with van der Waals surface area (Å²) in [5, 5.41) is 29.8. The van der Waals surface area contributed by atoms with Gasteiger partial charge in [0.2, 0.25) is 0 Å². The van der Waals surface area contributed by atoms with Crippen LogP contribution in [0.3, 0.4) is 0 Å². The van der Waals surface area contributed by atoms with Gasteiger partial charge in [-0.2, -0.15) is 0 Å². The summed E-state index contributed by atoms with van der Waals surface area (Å²) in [7, 11) is 1.44. The Labute approximate surface area is 116 Å². The molecule has 7 nitrogen and oxygen atoms in total. The fourth-order valence-electron chi connectivity index (χ4n) is 2.05. The number of nitrogens with two attached hydrogens (primary N) is 1. The van der Waals surface area contributed by atoms with Gasteiger partial charge >= 0.3 is 0 Å². The van der Waals surface area contributed by atoms with Crippen molar-refractivity contribution in [1.82, 2.24) is 0 Å². The molecule has 2 rings (SSSR count). The van der Waals surface area contributed by atoms with Crippen molar-refractivity contribution >= 4 is 5.69 Å². The maximum Gasteiger partial charge on any atom is 0.195 e. The first-order valence-corrected chi connectivity index (χ1v) is 6.23. The molecule has 1 fully saturated rings. The lowest BCUT2D eigenvalue weighted by molar-refractivity contribution is -0.281. The van der Waals surface area contributed by atoms with E-state index in [2.05, 4.69) is 0 Å². The molecular formula is C13H19NO6. The van der Waals surface area contributed by atoms with Gasteiger partial charge < -0.3 is 35.3 Å². The third-order valence-corrected chi connectivity index (χ3v) is 3.15. The average Bonchev–Trinajstić information content (AvgIpc) is 2.43. The molecule has 0 unspecified atom stereocenters. The number of hydrogen-bond acceptors (Lipinski definition) is 7. The van der Waals surface area contributed by atoms with E-state index in [1.807, 2.05) is 0 Å². The van der Waals surface area contributed by atoms with Gasteiger partial charge in [-0.05, 0) is 24.3 Å². The number of hydrogen-bond donors (Lipinski definition) is 4. The van der Waals surface area contributed by atoms with Crippen molar-refractivity contribution in [1.29, 1.82) is 0 Å². The van der Waals surface area contributed by atoms with E-state index in [-0.39, 0.29) is 6.61 Å². The van der Waals surface area contributed by atoms with E-state index in [9.17, 15) is 15.3 Å². The summed E-state index contributed by atoms with van der Waals surface area (Å²) in [4.78, 5) is 0. The number of methoxy groups -OCH3 is 1. The number of rotatable bonds is 4. The standard InChI is InChI=1S/C13H19NO6/c1-18-6-9-10(15)11(16)12(13(17)20-9)19-8-4-2-7(14)3-5-8/h2-5,9-13,15-17H,6,14H2,1H3/t9-,10+,11+,12-,13-/m1/s1. The molecule has 5 N–H and O–H groups in total. The van der Waals surface area contributed by atoms with Crippen LogP contribution in [0.5, 0.6) is 5.75 Å². The van der Waals surface area contributed by atoms with Crippen LogP contribution in [-0.4, -0.2) is 59.7 Å². The number of benzene rings is 1. The second-order valence-corrected chi connectivity index (χ2v) is 4.65. The lowest BCUT2D eigenvalue weighted by atomic mass is 9.99. The van der Waals surface area contributed by atoms with E-state index in [4.69, 9.17) is 19.9 Å². The highest BCUT2D eigenvalue weighted by Gasteiger charge is 2.45. The van der Waals surface area contributed by atoms with Gasteiger partial charge in [-0.15, -0.1) is 0 Å². The predicted octanol–water partition coefficient (Wildman–Crippen LogP) is -0.898. The topological polar surface area (TPSA) is 114 Å². The monoisotopic (exact) mass is 285 g/mol. The Hall–Kier alpha value is -1.38. The summed E-state index contributed by atoms with van der Waals surface area (Å²) < 4.78 is 15.5. The summed E-state index contributed by atoms with van der Waals surface area (Å²) in [6.07, 6.45) is -5.78. The SMILES string of the molecule is COC[C@H]1O[C@@H](O)[C@H](Oc2ccc(N)cc2)[C@@H](O)[C@H]1O. The third kappa shape index (κ3) is 3.20. The van der Waals surface area contributed by atoms with Gasteiger partial charge in [0.1, 0.15) is 24.1 Å². The molecular weight excluding hydrogens is 266 g/mol. The van der Waals surface area contributed by atoms with Crippen LogP contribution in [0.2, 0.25) is 0 Å². The number of aliphatic hydroxyl groups is 3. The fraction of sp³-hybridized carbons (Fsp3) is 0.538. The summed E-state index contributed by atoms with van der Waals surface area (Å²) in [5.74, 6) is 0.406. The van der Waals surface area contributed by atoms with E-state index >= 15 is 0 Å². The van der Waals surface area contributed by atoms with Crippen molar-refractivity contribution in [3.8, 4) is 5.75 Å². The van der Waals surface area contributed by atoms with E-state index in [1.165, 1.54) is 7.11 Å². The van der Waals surface area contributed by atoms with Gasteiger partial charge in [0, 0.05) is 12.8 Å². The van der Waals surface area contributed by atoms with Gasteiger partial charge in [0.15, 0.2) is 12.4 Å². The minimum atomic E-state index is -1.37. The number of anilines is 1. The highest BCUT2D eigenvalue weighted by Crippen LogP contribution is 2.25. The summed E-state index contributed by atoms with van der Waals surface area (Å²) >= 11 is 0. The molecule has 0 saturated carbocycles. The van der Waals surface area contributed by atoms with Crippen LogP contribution >= 0.6 is 0 Å². The van der Waals surface area contributed by atoms with E-state index in [0.29, 0.717) is 11.4 Å². The molecule has 1 aliphatic rings. The van der Waals surface area contributed by atoms with Crippen LogP contribution in [0.1, 0.15) is 0 Å². The highest BCUT2D eigenvalue weighted by molar-refractivity contribution is 5.41. The van der Waals surface area contributed by atoms with Crippen LogP contribution in [0, 0.1) is 0 Å². The van der Waals surface area contributed by atoms with Crippen molar-refractivity contribution in [2.75, 3.05) is 19.5 Å². The minimum Gasteiger partial charge on any atom is -0.482 e. The van der Waals surface area contributed by atoms with Crippen LogP contribution in [0.25, 0.3) is 0 Å². The van der Waals surface area contributed by atoms with Crippen LogP contribution in [-0.2, 0) is 9.47 Å². The molecule has 1 saturated heterocycles. The van der Waals surface area contributed by atoms with Crippen molar-refractivity contribution < 1.29 is 29.5 Å². The van der Waals surface area contributed by atoms with Crippen molar-refractivity contribution in [3.63, 3.8) is 0 Å². The molecule has 5 atom stereocenters. The number of ether oxygens (including phenoxy) is 3. The Kier molecular flexibility index (Phi) is 4.79. The first kappa shape index (κ1) is 15.0. The molecule has 1 aromatic carbocycles. The summed E-state index contributed by atoms with van der Waals surface area (Å²) in [6, 6.07) is 6.45. The molecule has 1 heterocycles. The molecule has 0 aliphatic carbocycles. The van der Waals surface area contributed by atoms with Gasteiger partial charge in [-0.3, -0.25) is 0 Å². The second kappa shape index (κ2) is 6.38.